The van der Waals surface area contributed by atoms with Crippen molar-refractivity contribution in [3.8, 4) is 11.1 Å². The Morgan fingerprint density at radius 1 is 0.343 bits per heavy atom. The normalized spacial score (nSPS) is 13.2. The second-order valence-corrected chi connectivity index (χ2v) is 30.3. The van der Waals surface area contributed by atoms with Crippen LogP contribution in [0.3, 0.4) is 0 Å². The predicted octanol–water partition coefficient (Wildman–Crippen LogP) is 17.1. The molecule has 0 heterocycles. The summed E-state index contributed by atoms with van der Waals surface area (Å²) in [5, 5.41) is 2.94. The first-order chi connectivity index (χ1) is 32.3. The van der Waals surface area contributed by atoms with Gasteiger partial charge in [-0.05, 0) is 130 Å². The van der Waals surface area contributed by atoms with Gasteiger partial charge in [-0.3, -0.25) is 0 Å². The number of rotatable bonds is 14. The topological polar surface area (TPSA) is 6.48 Å². The fraction of sp³-hybridized carbons (Fsp3) is 0.175. The van der Waals surface area contributed by atoms with Gasteiger partial charge in [-0.25, -0.2) is 0 Å². The lowest BCUT2D eigenvalue weighted by Crippen LogP contribution is -2.37. The van der Waals surface area contributed by atoms with E-state index in [1.807, 2.05) is 0 Å². The second-order valence-electron chi connectivity index (χ2n) is 20.2. The molecular weight excluding hydrogens is 841 g/mol. The Hall–Kier alpha value is -6.73. The van der Waals surface area contributed by atoms with Crippen LogP contribution in [0.4, 0.5) is 34.1 Å². The van der Waals surface area contributed by atoms with Crippen LogP contribution < -0.4 is 20.2 Å². The van der Waals surface area contributed by atoms with Crippen LogP contribution in [0.15, 0.2) is 194 Å². The Kier molecular flexibility index (Phi) is 12.8. The van der Waals surface area contributed by atoms with Crippen LogP contribution in [-0.2, 0) is 5.41 Å². The number of para-hydroxylation sites is 2. The largest absolute Gasteiger partial charge is 0.311 e. The minimum absolute atomic E-state index is 0.0377. The summed E-state index contributed by atoms with van der Waals surface area (Å²) in [6, 6.07) is 71.8. The van der Waals surface area contributed by atoms with E-state index in [9.17, 15) is 0 Å². The lowest BCUT2D eigenvalue weighted by molar-refractivity contribution is 0.490. The van der Waals surface area contributed by atoms with E-state index in [1.165, 1.54) is 66.3 Å². The maximum atomic E-state index is 2.45. The molecule has 2 nitrogen and oxygen atoms in total. The molecule has 0 saturated heterocycles. The number of hydrogen-bond acceptors (Lipinski definition) is 2. The monoisotopic (exact) mass is 904 g/mol. The third-order valence-electron chi connectivity index (χ3n) is 13.9. The summed E-state index contributed by atoms with van der Waals surface area (Å²) in [6.45, 7) is 19.1. The van der Waals surface area contributed by atoms with Gasteiger partial charge in [0.1, 0.15) is 0 Å². The van der Waals surface area contributed by atoms with Crippen molar-refractivity contribution in [2.75, 3.05) is 9.80 Å². The SMILES string of the molecule is CCC1(CC)c2cc(C=Cc3ccc(N(c4ccccc4)c4ccc([Si](C)(C)C)cc4)cc3)ccc2-c2ccc(C=Cc3ccc(N(c4ccccc4)c4ccc([Si](C)(C)C)cc4)cc3)cc21. The molecule has 0 saturated carbocycles. The molecule has 0 atom stereocenters. The molecule has 0 radical (unpaired) electrons. The molecule has 4 heteroatoms. The van der Waals surface area contributed by atoms with E-state index in [0.717, 1.165) is 35.6 Å². The third-order valence-corrected chi connectivity index (χ3v) is 18.0. The summed E-state index contributed by atoms with van der Waals surface area (Å²) >= 11 is 0. The van der Waals surface area contributed by atoms with Gasteiger partial charge in [0.15, 0.2) is 0 Å². The van der Waals surface area contributed by atoms with E-state index in [2.05, 4.69) is 281 Å². The Bertz CT molecular complexity index is 2800. The average molecular weight is 905 g/mol. The molecule has 334 valence electrons. The number of nitrogens with zero attached hydrogens (tertiary/aromatic N) is 2. The molecule has 0 N–H and O–H groups in total. The minimum atomic E-state index is -1.40. The van der Waals surface area contributed by atoms with Crippen LogP contribution >= 0.6 is 0 Å². The van der Waals surface area contributed by atoms with E-state index in [-0.39, 0.29) is 5.41 Å². The Balaban J connectivity index is 0.934. The zero-order valence-corrected chi connectivity index (χ0v) is 42.6. The highest BCUT2D eigenvalue weighted by molar-refractivity contribution is 6.89. The highest BCUT2D eigenvalue weighted by Crippen LogP contribution is 2.53. The van der Waals surface area contributed by atoms with Gasteiger partial charge in [-0.2, -0.15) is 0 Å². The Morgan fingerprint density at radius 3 is 0.940 bits per heavy atom. The molecule has 0 aromatic heterocycles. The Labute approximate surface area is 402 Å². The summed E-state index contributed by atoms with van der Waals surface area (Å²) in [6.07, 6.45) is 11.2. The summed E-state index contributed by atoms with van der Waals surface area (Å²) in [7, 11) is -2.80. The zero-order valence-electron chi connectivity index (χ0n) is 40.6. The van der Waals surface area contributed by atoms with Gasteiger partial charge in [0.2, 0.25) is 0 Å². The molecule has 0 unspecified atom stereocenters. The standard InChI is InChI=1S/C63H64N2Si2/c1-9-63(10-2)61-45-49(23-21-47-25-31-53(32-26-47)64(51-17-13-11-14-18-51)55-35-39-57(40-36-55)66(3,4)5)29-43-59(61)60-44-30-50(46-62(60)63)24-22-48-27-33-54(34-28-48)65(52-19-15-12-16-20-52)56-37-41-58(42-38-56)67(6,7)8/h11-46H,9-10H2,1-8H3. The first-order valence-corrected chi connectivity index (χ1v) is 31.1. The average Bonchev–Trinajstić information content (AvgIpc) is 3.62. The molecule has 0 bridgehead atoms. The van der Waals surface area contributed by atoms with Crippen LogP contribution in [0.1, 0.15) is 60.1 Å². The van der Waals surface area contributed by atoms with Crippen molar-refractivity contribution in [2.24, 2.45) is 0 Å². The molecule has 1 aliphatic rings. The predicted molar refractivity (Wildman–Crippen MR) is 299 cm³/mol. The number of fused-ring (bicyclic) bond motifs is 3. The van der Waals surface area contributed by atoms with E-state index in [0.29, 0.717) is 0 Å². The van der Waals surface area contributed by atoms with Crippen molar-refractivity contribution in [1.82, 2.24) is 0 Å². The number of anilines is 6. The molecular formula is C63H64N2Si2. The van der Waals surface area contributed by atoms with E-state index >= 15 is 0 Å². The van der Waals surface area contributed by atoms with Crippen molar-refractivity contribution >= 4 is 84.9 Å². The van der Waals surface area contributed by atoms with Gasteiger partial charge in [0, 0.05) is 39.5 Å². The van der Waals surface area contributed by atoms with E-state index < -0.39 is 16.1 Å². The van der Waals surface area contributed by atoms with E-state index in [4.69, 9.17) is 0 Å². The van der Waals surface area contributed by atoms with Gasteiger partial charge in [-0.1, -0.05) is 209 Å². The molecule has 1 aliphatic carbocycles. The van der Waals surface area contributed by atoms with Gasteiger partial charge >= 0.3 is 0 Å². The molecule has 67 heavy (non-hydrogen) atoms. The van der Waals surface area contributed by atoms with Crippen molar-refractivity contribution in [2.45, 2.75) is 71.4 Å². The molecule has 8 aromatic carbocycles. The second kappa shape index (κ2) is 18.9. The summed E-state index contributed by atoms with van der Waals surface area (Å²) < 4.78 is 0. The lowest BCUT2D eigenvalue weighted by atomic mass is 9.73. The minimum Gasteiger partial charge on any atom is -0.311 e. The number of hydrogen-bond donors (Lipinski definition) is 0. The smallest absolute Gasteiger partial charge is 0.0775 e. The van der Waals surface area contributed by atoms with Gasteiger partial charge in [0.05, 0.1) is 16.1 Å². The van der Waals surface area contributed by atoms with Crippen LogP contribution in [0.5, 0.6) is 0 Å². The van der Waals surface area contributed by atoms with Crippen LogP contribution in [0.2, 0.25) is 39.3 Å². The molecule has 0 amide bonds. The highest BCUT2D eigenvalue weighted by atomic mass is 28.3. The molecule has 0 aliphatic heterocycles. The quantitative estimate of drug-likeness (QED) is 0.0792. The van der Waals surface area contributed by atoms with Crippen molar-refractivity contribution in [3.05, 3.63) is 228 Å². The summed E-state index contributed by atoms with van der Waals surface area (Å²) in [5.41, 5.74) is 17.3. The van der Waals surface area contributed by atoms with Gasteiger partial charge < -0.3 is 9.80 Å². The molecule has 0 spiro atoms. The first-order valence-electron chi connectivity index (χ1n) is 24.1. The maximum Gasteiger partial charge on any atom is 0.0775 e. The van der Waals surface area contributed by atoms with Crippen LogP contribution in [0.25, 0.3) is 35.4 Å². The number of benzene rings is 8. The fourth-order valence-electron chi connectivity index (χ4n) is 9.87. The van der Waals surface area contributed by atoms with Crippen molar-refractivity contribution in [1.29, 1.82) is 0 Å². The van der Waals surface area contributed by atoms with Crippen LogP contribution in [-0.4, -0.2) is 16.1 Å². The fourth-order valence-corrected chi connectivity index (χ4v) is 12.2. The highest BCUT2D eigenvalue weighted by Gasteiger charge is 2.40. The van der Waals surface area contributed by atoms with Crippen LogP contribution in [0, 0.1) is 0 Å². The maximum absolute atomic E-state index is 2.45. The molecule has 8 aromatic rings. The Morgan fingerprint density at radius 2 is 0.627 bits per heavy atom. The van der Waals surface area contributed by atoms with Gasteiger partial charge in [0.25, 0.3) is 0 Å². The first kappa shape index (κ1) is 45.4. The zero-order chi connectivity index (χ0) is 46.8. The third kappa shape index (κ3) is 9.47. The van der Waals surface area contributed by atoms with Crippen molar-refractivity contribution in [3.63, 3.8) is 0 Å². The molecule has 0 fully saturated rings. The summed E-state index contributed by atoms with van der Waals surface area (Å²) in [5.74, 6) is 0. The molecule has 9 rings (SSSR count). The van der Waals surface area contributed by atoms with E-state index in [1.54, 1.807) is 0 Å². The summed E-state index contributed by atoms with van der Waals surface area (Å²) in [4.78, 5) is 4.70. The van der Waals surface area contributed by atoms with Gasteiger partial charge in [-0.15, -0.1) is 0 Å². The lowest BCUT2D eigenvalue weighted by Gasteiger charge is -2.30. The van der Waals surface area contributed by atoms with Crippen molar-refractivity contribution < 1.29 is 0 Å².